The van der Waals surface area contributed by atoms with E-state index < -0.39 is 5.97 Å². The van der Waals surface area contributed by atoms with Crippen molar-refractivity contribution < 1.29 is 15.0 Å². The van der Waals surface area contributed by atoms with Gasteiger partial charge in [-0.15, -0.1) is 11.3 Å². The summed E-state index contributed by atoms with van der Waals surface area (Å²) in [7, 11) is 0. The van der Waals surface area contributed by atoms with Crippen LogP contribution in [0.25, 0.3) is 0 Å². The van der Waals surface area contributed by atoms with E-state index in [1.54, 1.807) is 6.07 Å². The van der Waals surface area contributed by atoms with Crippen molar-refractivity contribution in [3.8, 4) is 0 Å². The Balaban J connectivity index is 2.45. The normalized spacial score (nSPS) is 12.6. The zero-order chi connectivity index (χ0) is 13.5. The van der Waals surface area contributed by atoms with E-state index >= 15 is 0 Å². The number of aliphatic hydroxyl groups excluding tert-OH is 1. The molecule has 1 aromatic heterocycles. The lowest BCUT2D eigenvalue weighted by atomic mass is 10.0. The van der Waals surface area contributed by atoms with Gasteiger partial charge in [0.2, 0.25) is 0 Å². The van der Waals surface area contributed by atoms with Crippen LogP contribution in [0.1, 0.15) is 39.9 Å². The first-order chi connectivity index (χ1) is 8.58. The largest absolute Gasteiger partial charge is 0.477 e. The van der Waals surface area contributed by atoms with Crippen LogP contribution in [-0.4, -0.2) is 29.3 Å². The van der Waals surface area contributed by atoms with E-state index in [-0.39, 0.29) is 6.61 Å². The van der Waals surface area contributed by atoms with E-state index in [4.69, 9.17) is 10.2 Å². The van der Waals surface area contributed by atoms with Gasteiger partial charge >= 0.3 is 5.97 Å². The summed E-state index contributed by atoms with van der Waals surface area (Å²) in [6.07, 6.45) is 1.85. The smallest absolute Gasteiger partial charge is 0.345 e. The topological polar surface area (TPSA) is 69.6 Å². The molecular weight excluding hydrogens is 250 g/mol. The third-order valence-corrected chi connectivity index (χ3v) is 4.18. The number of rotatable bonds is 8. The molecule has 5 heteroatoms. The number of carbonyl (C=O) groups is 1. The van der Waals surface area contributed by atoms with Crippen molar-refractivity contribution in [1.82, 2.24) is 5.32 Å². The molecule has 1 unspecified atom stereocenters. The molecule has 0 aliphatic rings. The molecule has 0 radical (unpaired) electrons. The molecule has 0 aliphatic carbocycles. The fourth-order valence-corrected chi connectivity index (χ4v) is 2.73. The monoisotopic (exact) mass is 271 g/mol. The van der Waals surface area contributed by atoms with Crippen molar-refractivity contribution in [2.45, 2.75) is 33.2 Å². The second-order valence-electron chi connectivity index (χ2n) is 4.41. The van der Waals surface area contributed by atoms with E-state index in [2.05, 4.69) is 12.2 Å². The third kappa shape index (κ3) is 4.40. The first-order valence-corrected chi connectivity index (χ1v) is 7.04. The highest BCUT2D eigenvalue weighted by molar-refractivity contribution is 7.14. The third-order valence-electron chi connectivity index (χ3n) is 3.09. The molecule has 0 bridgehead atoms. The molecule has 102 valence electrons. The molecule has 0 aromatic carbocycles. The maximum Gasteiger partial charge on any atom is 0.345 e. The van der Waals surface area contributed by atoms with Crippen molar-refractivity contribution >= 4 is 17.3 Å². The van der Waals surface area contributed by atoms with Crippen LogP contribution in [-0.2, 0) is 6.54 Å². The summed E-state index contributed by atoms with van der Waals surface area (Å²) in [5.41, 5.74) is 1.05. The molecule has 0 saturated carbocycles. The predicted octanol–water partition coefficient (Wildman–Crippen LogP) is 2.25. The number of hydrogen-bond donors (Lipinski definition) is 3. The summed E-state index contributed by atoms with van der Waals surface area (Å²) >= 11 is 1.32. The number of carboxylic acid groups (broad SMARTS) is 1. The molecule has 0 aliphatic heterocycles. The van der Waals surface area contributed by atoms with Crippen molar-refractivity contribution in [2.75, 3.05) is 13.2 Å². The van der Waals surface area contributed by atoms with E-state index in [1.807, 2.05) is 6.92 Å². The van der Waals surface area contributed by atoms with Crippen LogP contribution < -0.4 is 5.32 Å². The van der Waals surface area contributed by atoms with Gasteiger partial charge in [-0.3, -0.25) is 0 Å². The maximum atomic E-state index is 10.8. The van der Waals surface area contributed by atoms with E-state index in [9.17, 15) is 4.79 Å². The molecule has 1 aromatic rings. The lowest BCUT2D eigenvalue weighted by Crippen LogP contribution is -2.23. The highest BCUT2D eigenvalue weighted by Crippen LogP contribution is 2.21. The first-order valence-electron chi connectivity index (χ1n) is 6.22. The summed E-state index contributed by atoms with van der Waals surface area (Å²) in [5, 5.41) is 21.1. The van der Waals surface area contributed by atoms with Crippen LogP contribution in [0, 0.1) is 12.8 Å². The van der Waals surface area contributed by atoms with Crippen molar-refractivity contribution in [1.29, 1.82) is 0 Å². The molecular formula is C13H21NO3S. The number of nitrogens with one attached hydrogen (secondary N) is 1. The van der Waals surface area contributed by atoms with Gasteiger partial charge in [0.05, 0.1) is 0 Å². The average Bonchev–Trinajstić information content (AvgIpc) is 2.70. The Morgan fingerprint density at radius 1 is 1.56 bits per heavy atom. The van der Waals surface area contributed by atoms with Gasteiger partial charge in [-0.25, -0.2) is 4.79 Å². The number of aromatic carboxylic acids is 1. The molecule has 0 saturated heterocycles. The standard InChI is InChI=1S/C13H21NO3S/c1-3-10(4-5-15)7-14-8-11-6-12(13(16)17)18-9(11)2/h6,10,14-15H,3-5,7-8H2,1-2H3,(H,16,17). The molecule has 4 nitrogen and oxygen atoms in total. The first kappa shape index (κ1) is 15.1. The Bertz CT molecular complexity index is 390. The Labute approximate surface area is 112 Å². The number of aryl methyl sites for hydroxylation is 1. The van der Waals surface area contributed by atoms with Gasteiger partial charge in [-0.2, -0.15) is 0 Å². The van der Waals surface area contributed by atoms with Crippen LogP contribution in [0.15, 0.2) is 6.07 Å². The summed E-state index contributed by atoms with van der Waals surface area (Å²) < 4.78 is 0. The van der Waals surface area contributed by atoms with Gasteiger partial charge in [0.15, 0.2) is 0 Å². The van der Waals surface area contributed by atoms with Crippen LogP contribution in [0.2, 0.25) is 0 Å². The van der Waals surface area contributed by atoms with Crippen molar-refractivity contribution in [3.05, 3.63) is 21.4 Å². The van der Waals surface area contributed by atoms with Crippen LogP contribution in [0.4, 0.5) is 0 Å². The number of hydrogen-bond acceptors (Lipinski definition) is 4. The maximum absolute atomic E-state index is 10.8. The summed E-state index contributed by atoms with van der Waals surface area (Å²) in [5.74, 6) is -0.381. The fourth-order valence-electron chi connectivity index (χ4n) is 1.84. The van der Waals surface area contributed by atoms with Gasteiger partial charge in [0.1, 0.15) is 4.88 Å². The second kappa shape index (κ2) is 7.51. The van der Waals surface area contributed by atoms with E-state index in [0.717, 1.165) is 29.8 Å². The SMILES string of the molecule is CCC(CCO)CNCc1cc(C(=O)O)sc1C. The Morgan fingerprint density at radius 2 is 2.28 bits per heavy atom. The predicted molar refractivity (Wildman–Crippen MR) is 73.2 cm³/mol. The zero-order valence-corrected chi connectivity index (χ0v) is 11.7. The molecule has 3 N–H and O–H groups in total. The van der Waals surface area contributed by atoms with Crippen molar-refractivity contribution in [2.24, 2.45) is 5.92 Å². The van der Waals surface area contributed by atoms with E-state index in [0.29, 0.717) is 17.3 Å². The average molecular weight is 271 g/mol. The number of aliphatic hydroxyl groups is 1. The number of carboxylic acids is 1. The lowest BCUT2D eigenvalue weighted by molar-refractivity contribution is 0.0702. The minimum atomic E-state index is -0.860. The highest BCUT2D eigenvalue weighted by Gasteiger charge is 2.11. The highest BCUT2D eigenvalue weighted by atomic mass is 32.1. The Kier molecular flexibility index (Phi) is 6.32. The van der Waals surface area contributed by atoms with Crippen molar-refractivity contribution in [3.63, 3.8) is 0 Å². The molecule has 1 atom stereocenters. The molecule has 18 heavy (non-hydrogen) atoms. The van der Waals surface area contributed by atoms with Crippen LogP contribution >= 0.6 is 11.3 Å². The summed E-state index contributed by atoms with van der Waals surface area (Å²) in [6.45, 7) is 5.83. The quantitative estimate of drug-likeness (QED) is 0.678. The van der Waals surface area contributed by atoms with Gasteiger partial charge in [-0.05, 0) is 37.4 Å². The Hall–Kier alpha value is -0.910. The fraction of sp³-hybridized carbons (Fsp3) is 0.615. The van der Waals surface area contributed by atoms with Gasteiger partial charge in [0.25, 0.3) is 0 Å². The molecule has 0 spiro atoms. The molecule has 0 amide bonds. The molecule has 1 heterocycles. The lowest BCUT2D eigenvalue weighted by Gasteiger charge is -2.14. The summed E-state index contributed by atoms with van der Waals surface area (Å²) in [6, 6.07) is 1.74. The van der Waals surface area contributed by atoms with Gasteiger partial charge in [-0.1, -0.05) is 13.3 Å². The molecule has 0 fully saturated rings. The number of thiophene rings is 1. The zero-order valence-electron chi connectivity index (χ0n) is 10.9. The van der Waals surface area contributed by atoms with Crippen LogP contribution in [0.5, 0.6) is 0 Å². The van der Waals surface area contributed by atoms with Gasteiger partial charge in [0, 0.05) is 18.0 Å². The second-order valence-corrected chi connectivity index (χ2v) is 5.67. The van der Waals surface area contributed by atoms with E-state index in [1.165, 1.54) is 11.3 Å². The minimum Gasteiger partial charge on any atom is -0.477 e. The minimum absolute atomic E-state index is 0.223. The summed E-state index contributed by atoms with van der Waals surface area (Å²) in [4.78, 5) is 12.3. The Morgan fingerprint density at radius 3 is 2.78 bits per heavy atom. The van der Waals surface area contributed by atoms with Crippen LogP contribution in [0.3, 0.4) is 0 Å². The van der Waals surface area contributed by atoms with Gasteiger partial charge < -0.3 is 15.5 Å². The molecule has 1 rings (SSSR count).